The van der Waals surface area contributed by atoms with Gasteiger partial charge in [-0.25, -0.2) is 4.98 Å². The van der Waals surface area contributed by atoms with Crippen molar-refractivity contribution in [2.45, 2.75) is 6.42 Å². The van der Waals surface area contributed by atoms with Crippen LogP contribution in [0.3, 0.4) is 0 Å². The Bertz CT molecular complexity index is 1200. The topological polar surface area (TPSA) is 95.1 Å². The lowest BCUT2D eigenvalue weighted by molar-refractivity contribution is -0.117. The van der Waals surface area contributed by atoms with E-state index in [0.29, 0.717) is 28.2 Å². The zero-order chi connectivity index (χ0) is 20.4. The summed E-state index contributed by atoms with van der Waals surface area (Å²) in [5.41, 5.74) is 8.36. The van der Waals surface area contributed by atoms with E-state index in [1.807, 2.05) is 54.1 Å². The number of carbonyl (C=O) groups excluding carboxylic acids is 1. The fraction of sp³-hybridized carbons (Fsp3) is 0.0952. The Kier molecular flexibility index (Phi) is 5.05. The molecule has 2 heterocycles. The summed E-state index contributed by atoms with van der Waals surface area (Å²) in [6, 6.07) is 16.5. The van der Waals surface area contributed by atoms with Crippen LogP contribution in [0.4, 0.5) is 11.6 Å². The van der Waals surface area contributed by atoms with Crippen molar-refractivity contribution in [1.29, 1.82) is 0 Å². The second-order valence-corrected chi connectivity index (χ2v) is 6.94. The number of anilines is 2. The van der Waals surface area contributed by atoms with E-state index in [1.54, 1.807) is 18.3 Å². The van der Waals surface area contributed by atoms with Crippen molar-refractivity contribution in [2.24, 2.45) is 12.8 Å². The SMILES string of the molecule is Cn1c(Nc2cccc(Cl)c2)nc2cc(Oc3ccnc(CC(N)=O)c3)ccc21. The molecule has 1 amide bonds. The average Bonchev–Trinajstić information content (AvgIpc) is 2.96. The van der Waals surface area contributed by atoms with Crippen LogP contribution in [0.1, 0.15) is 5.69 Å². The van der Waals surface area contributed by atoms with Crippen LogP contribution in [0.5, 0.6) is 11.5 Å². The molecule has 0 spiro atoms. The van der Waals surface area contributed by atoms with Crippen LogP contribution in [0, 0.1) is 0 Å². The molecule has 0 aliphatic rings. The summed E-state index contributed by atoms with van der Waals surface area (Å²) < 4.78 is 7.87. The lowest BCUT2D eigenvalue weighted by Gasteiger charge is -2.07. The van der Waals surface area contributed by atoms with Gasteiger partial charge in [0.05, 0.1) is 23.1 Å². The fourth-order valence-electron chi connectivity index (χ4n) is 2.98. The number of amides is 1. The molecule has 0 unspecified atom stereocenters. The number of imidazole rings is 1. The Hall–Kier alpha value is -3.58. The normalized spacial score (nSPS) is 10.8. The first kappa shape index (κ1) is 18.8. The molecule has 0 radical (unpaired) electrons. The predicted octanol–water partition coefficient (Wildman–Crippen LogP) is 4.19. The summed E-state index contributed by atoms with van der Waals surface area (Å²) in [6.45, 7) is 0. The van der Waals surface area contributed by atoms with E-state index in [0.717, 1.165) is 16.7 Å². The Balaban J connectivity index is 1.59. The highest BCUT2D eigenvalue weighted by Crippen LogP contribution is 2.28. The quantitative estimate of drug-likeness (QED) is 0.499. The molecular weight excluding hydrogens is 390 g/mol. The first-order chi connectivity index (χ1) is 14.0. The van der Waals surface area contributed by atoms with Gasteiger partial charge in [0.25, 0.3) is 0 Å². The maximum Gasteiger partial charge on any atom is 0.223 e. The van der Waals surface area contributed by atoms with Crippen molar-refractivity contribution in [1.82, 2.24) is 14.5 Å². The zero-order valence-electron chi connectivity index (χ0n) is 15.6. The van der Waals surface area contributed by atoms with Gasteiger partial charge >= 0.3 is 0 Å². The van der Waals surface area contributed by atoms with Gasteiger partial charge in [-0.3, -0.25) is 9.78 Å². The van der Waals surface area contributed by atoms with E-state index < -0.39 is 5.91 Å². The van der Waals surface area contributed by atoms with Crippen LogP contribution in [-0.2, 0) is 18.3 Å². The molecule has 0 bridgehead atoms. The van der Waals surface area contributed by atoms with Gasteiger partial charge in [-0.15, -0.1) is 0 Å². The van der Waals surface area contributed by atoms with Crippen LogP contribution >= 0.6 is 11.6 Å². The number of primary amides is 1. The number of aromatic nitrogens is 3. The first-order valence-electron chi connectivity index (χ1n) is 8.88. The number of rotatable bonds is 6. The maximum absolute atomic E-state index is 11.1. The smallest absolute Gasteiger partial charge is 0.223 e. The average molecular weight is 408 g/mol. The van der Waals surface area contributed by atoms with Gasteiger partial charge in [0, 0.05) is 36.1 Å². The summed E-state index contributed by atoms with van der Waals surface area (Å²) >= 11 is 6.05. The van der Waals surface area contributed by atoms with E-state index in [9.17, 15) is 4.79 Å². The van der Waals surface area contributed by atoms with Gasteiger partial charge in [-0.1, -0.05) is 17.7 Å². The molecule has 29 heavy (non-hydrogen) atoms. The molecule has 3 N–H and O–H groups in total. The zero-order valence-corrected chi connectivity index (χ0v) is 16.3. The number of ether oxygens (including phenoxy) is 1. The van der Waals surface area contributed by atoms with Crippen molar-refractivity contribution in [3.8, 4) is 11.5 Å². The minimum atomic E-state index is -0.440. The number of nitrogens with one attached hydrogen (secondary N) is 1. The molecule has 4 aromatic rings. The standard InChI is InChI=1S/C21H18ClN5O2/c1-27-19-6-5-16(29-17-7-8-24-15(10-17)11-20(23)28)12-18(19)26-21(27)25-14-4-2-3-13(22)9-14/h2-10,12H,11H2,1H3,(H2,23,28)(H,25,26). The largest absolute Gasteiger partial charge is 0.457 e. The van der Waals surface area contributed by atoms with Crippen molar-refractivity contribution < 1.29 is 9.53 Å². The molecule has 0 saturated heterocycles. The van der Waals surface area contributed by atoms with Gasteiger partial charge < -0.3 is 20.4 Å². The molecule has 4 rings (SSSR count). The number of halogens is 1. The summed E-state index contributed by atoms with van der Waals surface area (Å²) in [6.07, 6.45) is 1.65. The molecule has 0 aliphatic heterocycles. The third-order valence-electron chi connectivity index (χ3n) is 4.31. The van der Waals surface area contributed by atoms with Crippen molar-refractivity contribution in [3.63, 3.8) is 0 Å². The maximum atomic E-state index is 11.1. The molecule has 0 atom stereocenters. The van der Waals surface area contributed by atoms with Crippen LogP contribution in [-0.4, -0.2) is 20.4 Å². The third-order valence-corrected chi connectivity index (χ3v) is 4.55. The molecule has 2 aromatic heterocycles. The number of benzene rings is 2. The number of aryl methyl sites for hydroxylation is 1. The van der Waals surface area contributed by atoms with E-state index in [2.05, 4.69) is 15.3 Å². The number of hydrogen-bond acceptors (Lipinski definition) is 5. The molecule has 8 heteroatoms. The molecule has 2 aromatic carbocycles. The fourth-order valence-corrected chi connectivity index (χ4v) is 3.17. The van der Waals surface area contributed by atoms with Gasteiger partial charge in [-0.2, -0.15) is 0 Å². The molecular formula is C21H18ClN5O2. The first-order valence-corrected chi connectivity index (χ1v) is 9.26. The monoisotopic (exact) mass is 407 g/mol. The minimum Gasteiger partial charge on any atom is -0.457 e. The van der Waals surface area contributed by atoms with Crippen LogP contribution in [0.15, 0.2) is 60.8 Å². The molecule has 7 nitrogen and oxygen atoms in total. The van der Waals surface area contributed by atoms with Crippen molar-refractivity contribution in [2.75, 3.05) is 5.32 Å². The summed E-state index contributed by atoms with van der Waals surface area (Å²) in [5.74, 6) is 1.45. The molecule has 0 aliphatic carbocycles. The van der Waals surface area contributed by atoms with Gasteiger partial charge in [0.1, 0.15) is 11.5 Å². The van der Waals surface area contributed by atoms with Crippen LogP contribution < -0.4 is 15.8 Å². The molecule has 146 valence electrons. The Morgan fingerprint density at radius 1 is 1.17 bits per heavy atom. The van der Waals surface area contributed by atoms with Crippen molar-refractivity contribution >= 4 is 40.2 Å². The highest BCUT2D eigenvalue weighted by Gasteiger charge is 2.10. The molecule has 0 saturated carbocycles. The number of pyridine rings is 1. The van der Waals surface area contributed by atoms with Crippen molar-refractivity contribution in [3.05, 3.63) is 71.5 Å². The predicted molar refractivity (Wildman–Crippen MR) is 113 cm³/mol. The van der Waals surface area contributed by atoms with E-state index in [1.165, 1.54) is 0 Å². The lowest BCUT2D eigenvalue weighted by atomic mass is 10.2. The number of fused-ring (bicyclic) bond motifs is 1. The highest BCUT2D eigenvalue weighted by molar-refractivity contribution is 6.30. The number of hydrogen-bond donors (Lipinski definition) is 2. The van der Waals surface area contributed by atoms with E-state index >= 15 is 0 Å². The highest BCUT2D eigenvalue weighted by atomic mass is 35.5. The second-order valence-electron chi connectivity index (χ2n) is 6.51. The summed E-state index contributed by atoms with van der Waals surface area (Å²) in [5, 5.41) is 3.92. The lowest BCUT2D eigenvalue weighted by Crippen LogP contribution is -2.14. The summed E-state index contributed by atoms with van der Waals surface area (Å²) in [4.78, 5) is 19.9. The number of nitrogens with two attached hydrogens (primary N) is 1. The molecule has 0 fully saturated rings. The number of carbonyl (C=O) groups is 1. The van der Waals surface area contributed by atoms with Gasteiger partial charge in [0.15, 0.2) is 0 Å². The van der Waals surface area contributed by atoms with Gasteiger partial charge in [-0.05, 0) is 36.4 Å². The Morgan fingerprint density at radius 2 is 2.00 bits per heavy atom. The van der Waals surface area contributed by atoms with Gasteiger partial charge in [0.2, 0.25) is 11.9 Å². The minimum absolute atomic E-state index is 0.0645. The van der Waals surface area contributed by atoms with E-state index in [4.69, 9.17) is 22.1 Å². The van der Waals surface area contributed by atoms with Crippen LogP contribution in [0.25, 0.3) is 11.0 Å². The Morgan fingerprint density at radius 3 is 2.79 bits per heavy atom. The van der Waals surface area contributed by atoms with Crippen LogP contribution in [0.2, 0.25) is 5.02 Å². The summed E-state index contributed by atoms with van der Waals surface area (Å²) in [7, 11) is 1.93. The third kappa shape index (κ3) is 4.30. The van der Waals surface area contributed by atoms with E-state index in [-0.39, 0.29) is 6.42 Å². The second kappa shape index (κ2) is 7.81. The Labute approximate surface area is 172 Å². The number of nitrogens with zero attached hydrogens (tertiary/aromatic N) is 3.